The smallest absolute Gasteiger partial charge is 0.361 e. The summed E-state index contributed by atoms with van der Waals surface area (Å²) in [4.78, 5) is 12.4. The highest BCUT2D eigenvalue weighted by molar-refractivity contribution is 5.82. The number of aryl methyl sites for hydroxylation is 1. The molecule has 1 amide bonds. The third kappa shape index (κ3) is 2.30. The zero-order valence-electron chi connectivity index (χ0n) is 12.9. The number of halogens is 3. The lowest BCUT2D eigenvalue weighted by molar-refractivity contribution is -0.184. The fourth-order valence-corrected chi connectivity index (χ4v) is 3.74. The minimum Gasteiger partial charge on any atom is -0.361 e. The molecule has 0 radical (unpaired) electrons. The van der Waals surface area contributed by atoms with Gasteiger partial charge in [0.1, 0.15) is 11.5 Å². The predicted molar refractivity (Wildman–Crippen MR) is 79.1 cm³/mol. The molecule has 2 aromatic rings. The van der Waals surface area contributed by atoms with Gasteiger partial charge in [-0.15, -0.1) is 0 Å². The molecule has 2 fully saturated rings. The average molecular weight is 336 g/mol. The molecule has 126 valence electrons. The van der Waals surface area contributed by atoms with Crippen LogP contribution in [0.1, 0.15) is 17.7 Å². The second-order valence-corrected chi connectivity index (χ2v) is 6.64. The van der Waals surface area contributed by atoms with Crippen LogP contribution in [0.15, 0.2) is 34.9 Å². The van der Waals surface area contributed by atoms with Crippen LogP contribution in [0.5, 0.6) is 0 Å². The summed E-state index contributed by atoms with van der Waals surface area (Å²) in [6, 6.07) is 9.45. The van der Waals surface area contributed by atoms with Crippen LogP contribution in [0.4, 0.5) is 13.2 Å². The van der Waals surface area contributed by atoms with Crippen molar-refractivity contribution in [2.24, 2.45) is 5.92 Å². The number of hydrogen-bond donors (Lipinski definition) is 0. The second kappa shape index (κ2) is 4.84. The standard InChI is InChI=1S/C17H15F3N2O2/c1-10-6-14(21-24-10)11-2-4-12(5-3-11)16-7-13(16)8-22(9-16)15(23)17(18,19)20/h2-6,13H,7-9H2,1H3/t13-,16+/m1/s1. The number of carbonyl (C=O) groups is 1. The van der Waals surface area contributed by atoms with Crippen molar-refractivity contribution in [2.75, 3.05) is 13.1 Å². The highest BCUT2D eigenvalue weighted by atomic mass is 19.4. The van der Waals surface area contributed by atoms with E-state index in [4.69, 9.17) is 4.52 Å². The minimum atomic E-state index is -4.80. The van der Waals surface area contributed by atoms with Crippen molar-refractivity contribution in [3.05, 3.63) is 41.7 Å². The molecule has 0 N–H and O–H groups in total. The molecular weight excluding hydrogens is 321 g/mol. The fraction of sp³-hybridized carbons (Fsp3) is 0.412. The van der Waals surface area contributed by atoms with Crippen LogP contribution >= 0.6 is 0 Å². The second-order valence-electron chi connectivity index (χ2n) is 6.64. The Kier molecular flexibility index (Phi) is 3.07. The van der Waals surface area contributed by atoms with Crippen molar-refractivity contribution in [2.45, 2.75) is 24.9 Å². The highest BCUT2D eigenvalue weighted by Gasteiger charge is 2.63. The van der Waals surface area contributed by atoms with Crippen LogP contribution in [0.3, 0.4) is 0 Å². The first-order chi connectivity index (χ1) is 11.3. The Hall–Kier alpha value is -2.31. The lowest BCUT2D eigenvalue weighted by atomic mass is 9.93. The summed E-state index contributed by atoms with van der Waals surface area (Å²) in [5.41, 5.74) is 2.28. The number of carbonyl (C=O) groups excluding carboxylic acids is 1. The topological polar surface area (TPSA) is 46.3 Å². The molecule has 2 atom stereocenters. The molecule has 1 saturated heterocycles. The van der Waals surface area contributed by atoms with Crippen molar-refractivity contribution in [1.29, 1.82) is 0 Å². The summed E-state index contributed by atoms with van der Waals surface area (Å²) in [5.74, 6) is -0.903. The summed E-state index contributed by atoms with van der Waals surface area (Å²) in [5, 5.41) is 3.95. The van der Waals surface area contributed by atoms with Crippen LogP contribution in [0.25, 0.3) is 11.3 Å². The Labute approximate surface area is 136 Å². The molecule has 24 heavy (non-hydrogen) atoms. The van der Waals surface area contributed by atoms with Gasteiger partial charge in [-0.2, -0.15) is 13.2 Å². The van der Waals surface area contributed by atoms with Gasteiger partial charge in [-0.05, 0) is 24.8 Å². The van der Waals surface area contributed by atoms with Crippen LogP contribution in [-0.2, 0) is 10.2 Å². The lowest BCUT2D eigenvalue weighted by Gasteiger charge is -2.22. The first-order valence-electron chi connectivity index (χ1n) is 7.70. The Bertz CT molecular complexity index is 797. The summed E-state index contributed by atoms with van der Waals surface area (Å²) >= 11 is 0. The van der Waals surface area contributed by atoms with E-state index in [9.17, 15) is 18.0 Å². The van der Waals surface area contributed by atoms with Gasteiger partial charge in [-0.3, -0.25) is 4.79 Å². The molecule has 1 aliphatic heterocycles. The number of fused-ring (bicyclic) bond motifs is 1. The van der Waals surface area contributed by atoms with E-state index < -0.39 is 12.1 Å². The van der Waals surface area contributed by atoms with Crippen LogP contribution in [0, 0.1) is 12.8 Å². The van der Waals surface area contributed by atoms with Crippen molar-refractivity contribution in [3.63, 3.8) is 0 Å². The Balaban J connectivity index is 1.54. The summed E-state index contributed by atoms with van der Waals surface area (Å²) < 4.78 is 42.9. The van der Waals surface area contributed by atoms with Gasteiger partial charge < -0.3 is 9.42 Å². The molecule has 2 heterocycles. The molecule has 1 aromatic heterocycles. The quantitative estimate of drug-likeness (QED) is 0.845. The van der Waals surface area contributed by atoms with Crippen LogP contribution < -0.4 is 0 Å². The fourth-order valence-electron chi connectivity index (χ4n) is 3.74. The van der Waals surface area contributed by atoms with Crippen molar-refractivity contribution in [1.82, 2.24) is 10.1 Å². The third-order valence-corrected chi connectivity index (χ3v) is 5.06. The zero-order valence-corrected chi connectivity index (χ0v) is 12.9. The maximum Gasteiger partial charge on any atom is 0.471 e. The summed E-state index contributed by atoms with van der Waals surface area (Å²) in [6.07, 6.45) is -3.97. The molecule has 7 heteroatoms. The van der Waals surface area contributed by atoms with Crippen molar-refractivity contribution < 1.29 is 22.5 Å². The molecular formula is C17H15F3N2O2. The van der Waals surface area contributed by atoms with Gasteiger partial charge in [-0.1, -0.05) is 29.4 Å². The van der Waals surface area contributed by atoms with E-state index in [1.165, 1.54) is 0 Å². The summed E-state index contributed by atoms with van der Waals surface area (Å²) in [7, 11) is 0. The number of likely N-dealkylation sites (tertiary alicyclic amines) is 1. The van der Waals surface area contributed by atoms with Gasteiger partial charge in [0.05, 0.1) is 0 Å². The first-order valence-corrected chi connectivity index (χ1v) is 7.70. The maximum atomic E-state index is 12.6. The zero-order chi connectivity index (χ0) is 17.1. The monoisotopic (exact) mass is 336 g/mol. The normalized spacial score (nSPS) is 25.7. The predicted octanol–water partition coefficient (Wildman–Crippen LogP) is 3.31. The molecule has 0 bridgehead atoms. The molecule has 0 unspecified atom stereocenters. The third-order valence-electron chi connectivity index (χ3n) is 5.06. The first kappa shape index (κ1) is 15.2. The van der Waals surface area contributed by atoms with Gasteiger partial charge in [-0.25, -0.2) is 0 Å². The largest absolute Gasteiger partial charge is 0.471 e. The van der Waals surface area contributed by atoms with Crippen molar-refractivity contribution >= 4 is 5.91 Å². The Morgan fingerprint density at radius 1 is 1.33 bits per heavy atom. The van der Waals surface area contributed by atoms with Gasteiger partial charge in [0.15, 0.2) is 0 Å². The van der Waals surface area contributed by atoms with Gasteiger partial charge in [0, 0.05) is 30.1 Å². The molecule has 1 saturated carbocycles. The van der Waals surface area contributed by atoms with Gasteiger partial charge in [0.25, 0.3) is 0 Å². The van der Waals surface area contributed by atoms with E-state index >= 15 is 0 Å². The Morgan fingerprint density at radius 3 is 2.62 bits per heavy atom. The SMILES string of the molecule is Cc1cc(-c2ccc([C@@]34C[C@@H]3CN(C(=O)C(F)(F)F)C4)cc2)no1. The number of alkyl halides is 3. The van der Waals surface area contributed by atoms with E-state index in [0.29, 0.717) is 5.76 Å². The lowest BCUT2D eigenvalue weighted by Crippen LogP contribution is -2.41. The number of hydrogen-bond acceptors (Lipinski definition) is 3. The number of amides is 1. The van der Waals surface area contributed by atoms with Crippen molar-refractivity contribution in [3.8, 4) is 11.3 Å². The minimum absolute atomic E-state index is 0.115. The molecule has 1 aromatic carbocycles. The van der Waals surface area contributed by atoms with Gasteiger partial charge in [0.2, 0.25) is 0 Å². The van der Waals surface area contributed by atoms with E-state index in [-0.39, 0.29) is 24.4 Å². The number of rotatable bonds is 2. The van der Waals surface area contributed by atoms with Crippen LogP contribution in [0.2, 0.25) is 0 Å². The number of benzene rings is 1. The Morgan fingerprint density at radius 2 is 2.04 bits per heavy atom. The van der Waals surface area contributed by atoms with E-state index in [1.807, 2.05) is 37.3 Å². The maximum absolute atomic E-state index is 12.6. The van der Waals surface area contributed by atoms with Gasteiger partial charge >= 0.3 is 12.1 Å². The molecule has 2 aliphatic rings. The van der Waals surface area contributed by atoms with E-state index in [2.05, 4.69) is 5.16 Å². The number of piperidine rings is 1. The molecule has 4 nitrogen and oxygen atoms in total. The number of nitrogens with zero attached hydrogens (tertiary/aromatic N) is 2. The van der Waals surface area contributed by atoms with E-state index in [0.717, 1.165) is 28.1 Å². The summed E-state index contributed by atoms with van der Waals surface area (Å²) in [6.45, 7) is 2.13. The highest BCUT2D eigenvalue weighted by Crippen LogP contribution is 2.59. The molecule has 1 aliphatic carbocycles. The molecule has 4 rings (SSSR count). The molecule has 0 spiro atoms. The average Bonchev–Trinajstić information content (AvgIpc) is 2.90. The van der Waals surface area contributed by atoms with Crippen LogP contribution in [-0.4, -0.2) is 35.2 Å². The number of aromatic nitrogens is 1. The van der Waals surface area contributed by atoms with E-state index in [1.54, 1.807) is 0 Å².